The SMILES string of the molecule is CC(C)(C)c1ncc(NC(=O)CCc2nnc(-c3ccsc3)o2)cn1. The summed E-state index contributed by atoms with van der Waals surface area (Å²) in [5.41, 5.74) is 1.34. The molecule has 3 rings (SSSR count). The lowest BCUT2D eigenvalue weighted by Gasteiger charge is -2.16. The molecule has 0 aliphatic rings. The molecule has 0 saturated carbocycles. The molecule has 0 aliphatic heterocycles. The van der Waals surface area contributed by atoms with Crippen LogP contribution in [0.1, 0.15) is 38.9 Å². The van der Waals surface area contributed by atoms with Crippen LogP contribution < -0.4 is 5.32 Å². The standard InChI is InChI=1S/C17H19N5O2S/c1-17(2,3)16-18-8-12(9-19-16)20-13(23)4-5-14-21-22-15(24-14)11-6-7-25-10-11/h6-10H,4-5H2,1-3H3,(H,20,23). The number of anilines is 1. The van der Waals surface area contributed by atoms with E-state index in [4.69, 9.17) is 4.42 Å². The monoisotopic (exact) mass is 357 g/mol. The Morgan fingerprint density at radius 3 is 2.64 bits per heavy atom. The number of hydrogen-bond acceptors (Lipinski definition) is 7. The zero-order valence-corrected chi connectivity index (χ0v) is 15.1. The first-order chi connectivity index (χ1) is 11.9. The van der Waals surface area contributed by atoms with E-state index >= 15 is 0 Å². The summed E-state index contributed by atoms with van der Waals surface area (Å²) in [6.07, 6.45) is 3.86. The number of aryl methyl sites for hydroxylation is 1. The van der Waals surface area contributed by atoms with E-state index in [-0.39, 0.29) is 17.7 Å². The highest BCUT2D eigenvalue weighted by molar-refractivity contribution is 7.08. The Morgan fingerprint density at radius 1 is 1.24 bits per heavy atom. The number of amides is 1. The molecule has 25 heavy (non-hydrogen) atoms. The minimum Gasteiger partial charge on any atom is -0.421 e. The summed E-state index contributed by atoms with van der Waals surface area (Å²) in [6.45, 7) is 6.11. The van der Waals surface area contributed by atoms with Crippen LogP contribution in [0.15, 0.2) is 33.6 Å². The Bertz CT molecular complexity index is 835. The molecule has 0 aliphatic carbocycles. The van der Waals surface area contributed by atoms with Crippen LogP contribution in [0.25, 0.3) is 11.5 Å². The molecule has 3 aromatic heterocycles. The predicted octanol–water partition coefficient (Wildman–Crippen LogP) is 3.46. The number of carbonyl (C=O) groups is 1. The molecule has 0 radical (unpaired) electrons. The quantitative estimate of drug-likeness (QED) is 0.751. The van der Waals surface area contributed by atoms with Gasteiger partial charge in [0.05, 0.1) is 18.1 Å². The van der Waals surface area contributed by atoms with Crippen molar-refractivity contribution < 1.29 is 9.21 Å². The van der Waals surface area contributed by atoms with Gasteiger partial charge in [0.25, 0.3) is 0 Å². The maximum atomic E-state index is 12.0. The summed E-state index contributed by atoms with van der Waals surface area (Å²) >= 11 is 1.56. The van der Waals surface area contributed by atoms with E-state index in [0.29, 0.717) is 23.9 Å². The summed E-state index contributed by atoms with van der Waals surface area (Å²) in [6, 6.07) is 1.91. The average molecular weight is 357 g/mol. The zero-order valence-electron chi connectivity index (χ0n) is 14.3. The van der Waals surface area contributed by atoms with Crippen LogP contribution in [-0.4, -0.2) is 26.1 Å². The molecular formula is C17H19N5O2S. The van der Waals surface area contributed by atoms with Crippen molar-refractivity contribution in [1.82, 2.24) is 20.2 Å². The van der Waals surface area contributed by atoms with Gasteiger partial charge in [-0.25, -0.2) is 9.97 Å². The van der Waals surface area contributed by atoms with E-state index in [2.05, 4.69) is 25.5 Å². The number of nitrogens with one attached hydrogen (secondary N) is 1. The highest BCUT2D eigenvalue weighted by Gasteiger charge is 2.17. The van der Waals surface area contributed by atoms with E-state index < -0.39 is 0 Å². The third-order valence-corrected chi connectivity index (χ3v) is 4.09. The molecule has 0 spiro atoms. The first-order valence-corrected chi connectivity index (χ1v) is 8.83. The highest BCUT2D eigenvalue weighted by atomic mass is 32.1. The molecule has 0 bridgehead atoms. The molecule has 1 amide bonds. The molecule has 0 fully saturated rings. The van der Waals surface area contributed by atoms with E-state index in [1.54, 1.807) is 23.7 Å². The van der Waals surface area contributed by atoms with Crippen molar-refractivity contribution in [3.63, 3.8) is 0 Å². The summed E-state index contributed by atoms with van der Waals surface area (Å²) in [5, 5.41) is 14.6. The van der Waals surface area contributed by atoms with Crippen molar-refractivity contribution in [2.45, 2.75) is 39.0 Å². The van der Waals surface area contributed by atoms with Gasteiger partial charge in [-0.3, -0.25) is 4.79 Å². The second-order valence-electron chi connectivity index (χ2n) is 6.61. The average Bonchev–Trinajstić information content (AvgIpc) is 3.24. The maximum Gasteiger partial charge on any atom is 0.248 e. The van der Waals surface area contributed by atoms with Crippen molar-refractivity contribution in [2.24, 2.45) is 0 Å². The molecule has 3 heterocycles. The number of thiophene rings is 1. The second kappa shape index (κ2) is 7.10. The summed E-state index contributed by atoms with van der Waals surface area (Å²) < 4.78 is 5.56. The van der Waals surface area contributed by atoms with E-state index in [9.17, 15) is 4.79 Å². The van der Waals surface area contributed by atoms with Crippen LogP contribution in [0.2, 0.25) is 0 Å². The topological polar surface area (TPSA) is 93.8 Å². The van der Waals surface area contributed by atoms with Gasteiger partial charge in [0.15, 0.2) is 0 Å². The molecule has 3 aromatic rings. The van der Waals surface area contributed by atoms with Gasteiger partial charge in [0.2, 0.25) is 17.7 Å². The molecule has 0 saturated heterocycles. The smallest absolute Gasteiger partial charge is 0.248 e. The molecule has 130 valence electrons. The van der Waals surface area contributed by atoms with E-state index in [1.807, 2.05) is 37.6 Å². The van der Waals surface area contributed by atoms with Crippen molar-refractivity contribution >= 4 is 22.9 Å². The maximum absolute atomic E-state index is 12.0. The second-order valence-corrected chi connectivity index (χ2v) is 7.39. The van der Waals surface area contributed by atoms with Crippen LogP contribution >= 0.6 is 11.3 Å². The third kappa shape index (κ3) is 4.48. The van der Waals surface area contributed by atoms with Gasteiger partial charge < -0.3 is 9.73 Å². The van der Waals surface area contributed by atoms with Gasteiger partial charge in [-0.2, -0.15) is 11.3 Å². The first-order valence-electron chi connectivity index (χ1n) is 7.89. The highest BCUT2D eigenvalue weighted by Crippen LogP contribution is 2.21. The lowest BCUT2D eigenvalue weighted by molar-refractivity contribution is -0.116. The summed E-state index contributed by atoms with van der Waals surface area (Å²) in [4.78, 5) is 20.6. The molecular weight excluding hydrogens is 338 g/mol. The normalized spacial score (nSPS) is 11.5. The molecule has 0 aromatic carbocycles. The van der Waals surface area contributed by atoms with Gasteiger partial charge in [-0.05, 0) is 11.4 Å². The van der Waals surface area contributed by atoms with Crippen molar-refractivity contribution in [2.75, 3.05) is 5.32 Å². The van der Waals surface area contributed by atoms with Gasteiger partial charge >= 0.3 is 0 Å². The van der Waals surface area contributed by atoms with Crippen LogP contribution in [-0.2, 0) is 16.6 Å². The number of aromatic nitrogens is 4. The van der Waals surface area contributed by atoms with Crippen LogP contribution in [0, 0.1) is 0 Å². The first kappa shape index (κ1) is 17.2. The minimum absolute atomic E-state index is 0.124. The van der Waals surface area contributed by atoms with Crippen molar-refractivity contribution in [1.29, 1.82) is 0 Å². The summed E-state index contributed by atoms with van der Waals surface area (Å²) in [5.74, 6) is 1.50. The summed E-state index contributed by atoms with van der Waals surface area (Å²) in [7, 11) is 0. The van der Waals surface area contributed by atoms with Crippen LogP contribution in [0.3, 0.4) is 0 Å². The van der Waals surface area contributed by atoms with Crippen molar-refractivity contribution in [3.05, 3.63) is 40.9 Å². The fourth-order valence-corrected chi connectivity index (χ4v) is 2.71. The van der Waals surface area contributed by atoms with Gasteiger partial charge in [-0.15, -0.1) is 10.2 Å². The molecule has 0 unspecified atom stereocenters. The molecule has 8 heteroatoms. The lowest BCUT2D eigenvalue weighted by atomic mass is 9.96. The third-order valence-electron chi connectivity index (χ3n) is 3.41. The van der Waals surface area contributed by atoms with Gasteiger partial charge in [-0.1, -0.05) is 20.8 Å². The number of carbonyl (C=O) groups excluding carboxylic acids is 1. The molecule has 0 atom stereocenters. The Hall–Kier alpha value is -2.61. The number of hydrogen-bond donors (Lipinski definition) is 1. The minimum atomic E-state index is -0.151. The Balaban J connectivity index is 1.53. The largest absolute Gasteiger partial charge is 0.421 e. The van der Waals surface area contributed by atoms with Crippen LogP contribution in [0.5, 0.6) is 0 Å². The lowest BCUT2D eigenvalue weighted by Crippen LogP contribution is -2.17. The Kier molecular flexibility index (Phi) is 4.89. The van der Waals surface area contributed by atoms with Crippen LogP contribution in [0.4, 0.5) is 5.69 Å². The van der Waals surface area contributed by atoms with E-state index in [0.717, 1.165) is 11.4 Å². The predicted molar refractivity (Wildman–Crippen MR) is 95.3 cm³/mol. The Morgan fingerprint density at radius 2 is 2.00 bits per heavy atom. The van der Waals surface area contributed by atoms with Gasteiger partial charge in [0, 0.05) is 29.2 Å². The van der Waals surface area contributed by atoms with Crippen molar-refractivity contribution in [3.8, 4) is 11.5 Å². The molecule has 7 nitrogen and oxygen atoms in total. The fraction of sp³-hybridized carbons (Fsp3) is 0.353. The molecule has 1 N–H and O–H groups in total. The zero-order chi connectivity index (χ0) is 17.9. The number of rotatable bonds is 5. The Labute approximate surface area is 149 Å². The number of nitrogens with zero attached hydrogens (tertiary/aromatic N) is 4. The fourth-order valence-electron chi connectivity index (χ4n) is 2.08. The van der Waals surface area contributed by atoms with E-state index in [1.165, 1.54) is 0 Å². The van der Waals surface area contributed by atoms with Gasteiger partial charge in [0.1, 0.15) is 5.82 Å².